The molecule has 3 aromatic carbocycles. The van der Waals surface area contributed by atoms with Gasteiger partial charge in [0.25, 0.3) is 0 Å². The highest BCUT2D eigenvalue weighted by molar-refractivity contribution is 9.10. The van der Waals surface area contributed by atoms with Crippen LogP contribution in [0.4, 0.5) is 17.1 Å². The molecular formula is C36H44BrCl2N3O4. The summed E-state index contributed by atoms with van der Waals surface area (Å²) in [6.45, 7) is 4.51. The van der Waals surface area contributed by atoms with E-state index in [0.29, 0.717) is 46.2 Å². The molecule has 3 N–H and O–H groups in total. The Hall–Kier alpha value is -2.78. The Morgan fingerprint density at radius 1 is 0.913 bits per heavy atom. The SMILES string of the molecule is CCN(Cc1cc(C(=O)OCCCCCCOC(=O)Cc2ccccc2Nc2c(Cl)cccc2Cl)cc(Br)c1N)C1CCCCC1. The summed E-state index contributed by atoms with van der Waals surface area (Å²) in [6.07, 6.45) is 9.60. The summed E-state index contributed by atoms with van der Waals surface area (Å²) in [5.41, 5.74) is 10.7. The molecule has 248 valence electrons. The van der Waals surface area contributed by atoms with Gasteiger partial charge in [0.1, 0.15) is 0 Å². The molecule has 0 heterocycles. The number of nitrogens with zero attached hydrogens (tertiary/aromatic N) is 1. The van der Waals surface area contributed by atoms with Crippen LogP contribution in [0.1, 0.15) is 86.2 Å². The van der Waals surface area contributed by atoms with E-state index in [0.717, 1.165) is 60.1 Å². The summed E-state index contributed by atoms with van der Waals surface area (Å²) in [6, 6.07) is 17.0. The third-order valence-corrected chi connectivity index (χ3v) is 9.72. The first-order valence-corrected chi connectivity index (χ1v) is 17.7. The Balaban J connectivity index is 1.15. The summed E-state index contributed by atoms with van der Waals surface area (Å²) >= 11 is 16.1. The number of esters is 2. The molecule has 3 aromatic rings. The van der Waals surface area contributed by atoms with Crippen LogP contribution in [-0.4, -0.2) is 42.6 Å². The van der Waals surface area contributed by atoms with E-state index in [1.54, 1.807) is 24.3 Å². The number of rotatable bonds is 16. The molecule has 0 spiro atoms. The topological polar surface area (TPSA) is 93.9 Å². The predicted molar refractivity (Wildman–Crippen MR) is 191 cm³/mol. The van der Waals surface area contributed by atoms with Gasteiger partial charge in [0, 0.05) is 22.7 Å². The zero-order chi connectivity index (χ0) is 32.9. The van der Waals surface area contributed by atoms with Crippen LogP contribution >= 0.6 is 39.1 Å². The van der Waals surface area contributed by atoms with Crippen molar-refractivity contribution in [3.05, 3.63) is 85.8 Å². The van der Waals surface area contributed by atoms with Crippen molar-refractivity contribution in [3.63, 3.8) is 0 Å². The van der Waals surface area contributed by atoms with Gasteiger partial charge >= 0.3 is 11.9 Å². The molecular weight excluding hydrogens is 689 g/mol. The van der Waals surface area contributed by atoms with Crippen molar-refractivity contribution in [1.29, 1.82) is 0 Å². The van der Waals surface area contributed by atoms with E-state index in [4.69, 9.17) is 38.4 Å². The summed E-state index contributed by atoms with van der Waals surface area (Å²) in [4.78, 5) is 27.9. The van der Waals surface area contributed by atoms with Crippen LogP contribution in [0.3, 0.4) is 0 Å². The average Bonchev–Trinajstić information content (AvgIpc) is 3.05. The fraction of sp³-hybridized carbons (Fsp3) is 0.444. The normalized spacial score (nSPS) is 13.5. The highest BCUT2D eigenvalue weighted by Crippen LogP contribution is 2.34. The predicted octanol–water partition coefficient (Wildman–Crippen LogP) is 9.74. The van der Waals surface area contributed by atoms with E-state index < -0.39 is 0 Å². The minimum Gasteiger partial charge on any atom is -0.465 e. The number of carbonyl (C=O) groups excluding carboxylic acids is 2. The van der Waals surface area contributed by atoms with Crippen molar-refractivity contribution >= 4 is 68.1 Å². The molecule has 1 fully saturated rings. The first kappa shape index (κ1) is 36.1. The second-order valence-corrected chi connectivity index (χ2v) is 13.4. The van der Waals surface area contributed by atoms with E-state index in [1.165, 1.54) is 32.1 Å². The van der Waals surface area contributed by atoms with Gasteiger partial charge in [0.2, 0.25) is 0 Å². The van der Waals surface area contributed by atoms with Gasteiger partial charge in [-0.25, -0.2) is 4.79 Å². The first-order chi connectivity index (χ1) is 22.3. The van der Waals surface area contributed by atoms with Crippen molar-refractivity contribution in [3.8, 4) is 0 Å². The molecule has 0 amide bonds. The number of hydrogen-bond donors (Lipinski definition) is 2. The largest absolute Gasteiger partial charge is 0.465 e. The number of para-hydroxylation sites is 2. The molecule has 0 atom stereocenters. The van der Waals surface area contributed by atoms with Gasteiger partial charge in [-0.3, -0.25) is 9.69 Å². The number of nitrogens with two attached hydrogens (primary N) is 1. The number of unbranched alkanes of at least 4 members (excludes halogenated alkanes) is 3. The van der Waals surface area contributed by atoms with Gasteiger partial charge in [-0.2, -0.15) is 0 Å². The van der Waals surface area contributed by atoms with E-state index in [-0.39, 0.29) is 18.4 Å². The van der Waals surface area contributed by atoms with E-state index in [9.17, 15) is 9.59 Å². The van der Waals surface area contributed by atoms with E-state index in [1.807, 2.05) is 30.3 Å². The van der Waals surface area contributed by atoms with Crippen LogP contribution < -0.4 is 11.1 Å². The number of hydrogen-bond acceptors (Lipinski definition) is 7. The molecule has 1 aliphatic carbocycles. The monoisotopic (exact) mass is 731 g/mol. The number of benzene rings is 3. The summed E-state index contributed by atoms with van der Waals surface area (Å²) in [5, 5.41) is 4.23. The fourth-order valence-corrected chi connectivity index (χ4v) is 6.83. The Morgan fingerprint density at radius 2 is 1.59 bits per heavy atom. The number of halogens is 3. The lowest BCUT2D eigenvalue weighted by Crippen LogP contribution is -2.36. The Labute approximate surface area is 291 Å². The molecule has 1 saturated carbocycles. The van der Waals surface area contributed by atoms with Crippen LogP contribution in [0.5, 0.6) is 0 Å². The second-order valence-electron chi connectivity index (χ2n) is 11.7. The van der Waals surface area contributed by atoms with Crippen LogP contribution in [-0.2, 0) is 27.2 Å². The standard InChI is InChI=1S/C36H44BrCl2N3O4/c1-2-42(28-14-6-5-7-15-28)24-27-21-26(22-29(37)34(27)40)36(44)46-20-11-4-3-10-19-45-33(43)23-25-13-8-9-18-32(25)41-35-30(38)16-12-17-31(35)39/h8-9,12-13,16-18,21-22,28,41H,2-7,10-11,14-15,19-20,23-24,40H2,1H3. The van der Waals surface area contributed by atoms with Gasteiger partial charge < -0.3 is 20.5 Å². The molecule has 7 nitrogen and oxygen atoms in total. The Bertz CT molecular complexity index is 1440. The van der Waals surface area contributed by atoms with Gasteiger partial charge in [0.05, 0.1) is 46.6 Å². The molecule has 0 aromatic heterocycles. The quantitative estimate of drug-likeness (QED) is 0.0861. The molecule has 0 aliphatic heterocycles. The summed E-state index contributed by atoms with van der Waals surface area (Å²) < 4.78 is 11.8. The molecule has 10 heteroatoms. The smallest absolute Gasteiger partial charge is 0.338 e. The Kier molecular flexibility index (Phi) is 14.5. The van der Waals surface area contributed by atoms with Crippen molar-refractivity contribution in [2.75, 3.05) is 30.8 Å². The average molecular weight is 734 g/mol. The maximum absolute atomic E-state index is 12.9. The number of carbonyl (C=O) groups is 2. The van der Waals surface area contributed by atoms with Crippen LogP contribution in [0.25, 0.3) is 0 Å². The van der Waals surface area contributed by atoms with Crippen molar-refractivity contribution in [1.82, 2.24) is 4.90 Å². The lowest BCUT2D eigenvalue weighted by molar-refractivity contribution is -0.142. The summed E-state index contributed by atoms with van der Waals surface area (Å²) in [7, 11) is 0. The van der Waals surface area contributed by atoms with Crippen molar-refractivity contribution in [2.45, 2.75) is 83.7 Å². The lowest BCUT2D eigenvalue weighted by Gasteiger charge is -2.34. The Morgan fingerprint density at radius 3 is 2.28 bits per heavy atom. The van der Waals surface area contributed by atoms with E-state index in [2.05, 4.69) is 33.1 Å². The molecule has 4 rings (SSSR count). The van der Waals surface area contributed by atoms with Gasteiger partial charge in [-0.05, 0) is 102 Å². The van der Waals surface area contributed by atoms with Gasteiger partial charge in [-0.15, -0.1) is 0 Å². The fourth-order valence-electron chi connectivity index (χ4n) is 5.83. The van der Waals surface area contributed by atoms with Crippen molar-refractivity contribution in [2.24, 2.45) is 0 Å². The minimum atomic E-state index is -0.344. The maximum atomic E-state index is 12.9. The number of nitrogens with one attached hydrogen (secondary N) is 1. The number of ether oxygens (including phenoxy) is 2. The molecule has 1 aliphatic rings. The van der Waals surface area contributed by atoms with Crippen LogP contribution in [0, 0.1) is 0 Å². The number of nitrogen functional groups attached to an aromatic ring is 1. The van der Waals surface area contributed by atoms with Crippen molar-refractivity contribution < 1.29 is 19.1 Å². The highest BCUT2D eigenvalue weighted by Gasteiger charge is 2.22. The summed E-state index contributed by atoms with van der Waals surface area (Å²) in [5.74, 6) is -0.647. The molecule has 0 unspecified atom stereocenters. The van der Waals surface area contributed by atoms with Gasteiger partial charge in [-0.1, -0.05) is 73.7 Å². The first-order valence-electron chi connectivity index (χ1n) is 16.2. The zero-order valence-corrected chi connectivity index (χ0v) is 29.6. The third-order valence-electron chi connectivity index (χ3n) is 8.43. The van der Waals surface area contributed by atoms with Crippen LogP contribution in [0.2, 0.25) is 10.0 Å². The third kappa shape index (κ3) is 10.6. The maximum Gasteiger partial charge on any atom is 0.338 e. The molecule has 46 heavy (non-hydrogen) atoms. The zero-order valence-electron chi connectivity index (χ0n) is 26.5. The minimum absolute atomic E-state index is 0.126. The van der Waals surface area contributed by atoms with Crippen LogP contribution in [0.15, 0.2) is 59.1 Å². The molecule has 0 radical (unpaired) electrons. The second kappa shape index (κ2) is 18.5. The highest BCUT2D eigenvalue weighted by atomic mass is 79.9. The van der Waals surface area contributed by atoms with Gasteiger partial charge in [0.15, 0.2) is 0 Å². The van der Waals surface area contributed by atoms with E-state index >= 15 is 0 Å². The lowest BCUT2D eigenvalue weighted by atomic mass is 9.93. The number of anilines is 3. The molecule has 0 saturated heterocycles. The molecule has 0 bridgehead atoms.